The number of benzene rings is 1. The number of nitrogens with zero attached hydrogens (tertiary/aromatic N) is 1. The molecule has 0 radical (unpaired) electrons. The Hall–Kier alpha value is -0.810. The highest BCUT2D eigenvalue weighted by atomic mass is 79.9. The van der Waals surface area contributed by atoms with Crippen molar-refractivity contribution < 1.29 is 0 Å². The fourth-order valence-electron chi connectivity index (χ4n) is 1.83. The summed E-state index contributed by atoms with van der Waals surface area (Å²) < 4.78 is 1.01. The van der Waals surface area contributed by atoms with E-state index in [0.29, 0.717) is 10.2 Å². The van der Waals surface area contributed by atoms with Crippen LogP contribution in [0.3, 0.4) is 0 Å². The molecule has 1 aliphatic rings. The molecule has 0 fully saturated rings. The molecule has 19 heavy (non-hydrogen) atoms. The first-order valence-corrected chi connectivity index (χ1v) is 7.77. The van der Waals surface area contributed by atoms with Gasteiger partial charge >= 0.3 is 0 Å². The maximum absolute atomic E-state index is 6.26. The second-order valence-electron chi connectivity index (χ2n) is 3.85. The Labute approximate surface area is 132 Å². The van der Waals surface area contributed by atoms with Crippen molar-refractivity contribution in [1.82, 2.24) is 0 Å². The standard InChI is InChI=1S/C13H7BrCl2N2S/c14-10-5-8-12(7-3-1-2-4-9(7)15)17-6-11(16)18-13(8)19-10/h1-6,18H. The van der Waals surface area contributed by atoms with E-state index in [9.17, 15) is 0 Å². The molecule has 0 saturated carbocycles. The van der Waals surface area contributed by atoms with Gasteiger partial charge in [0.05, 0.1) is 15.7 Å². The van der Waals surface area contributed by atoms with Gasteiger partial charge in [-0.2, -0.15) is 0 Å². The summed E-state index contributed by atoms with van der Waals surface area (Å²) in [6.45, 7) is 0. The molecule has 0 unspecified atom stereocenters. The quantitative estimate of drug-likeness (QED) is 0.659. The van der Waals surface area contributed by atoms with Gasteiger partial charge in [0, 0.05) is 16.1 Å². The van der Waals surface area contributed by atoms with Crippen LogP contribution in [0.2, 0.25) is 5.02 Å². The van der Waals surface area contributed by atoms with Crippen LogP contribution in [0.15, 0.2) is 50.5 Å². The molecule has 1 aromatic carbocycles. The highest BCUT2D eigenvalue weighted by Gasteiger charge is 2.19. The van der Waals surface area contributed by atoms with Gasteiger partial charge in [-0.05, 0) is 28.1 Å². The zero-order valence-corrected chi connectivity index (χ0v) is 13.4. The molecule has 0 spiro atoms. The molecule has 2 nitrogen and oxygen atoms in total. The number of hydrogen-bond donors (Lipinski definition) is 1. The molecular formula is C13H7BrCl2N2S. The Morgan fingerprint density at radius 3 is 2.74 bits per heavy atom. The van der Waals surface area contributed by atoms with Crippen LogP contribution in [0.4, 0.5) is 5.00 Å². The highest BCUT2D eigenvalue weighted by Crippen LogP contribution is 2.37. The van der Waals surface area contributed by atoms with Crippen molar-refractivity contribution in [2.75, 3.05) is 5.32 Å². The van der Waals surface area contributed by atoms with E-state index in [0.717, 1.165) is 25.6 Å². The summed E-state index contributed by atoms with van der Waals surface area (Å²) in [5, 5.41) is 5.22. The first kappa shape index (κ1) is 13.2. The van der Waals surface area contributed by atoms with Gasteiger partial charge in [0.25, 0.3) is 0 Å². The minimum atomic E-state index is 0.484. The van der Waals surface area contributed by atoms with E-state index in [2.05, 4.69) is 26.2 Å². The predicted molar refractivity (Wildman–Crippen MR) is 86.7 cm³/mol. The van der Waals surface area contributed by atoms with Gasteiger partial charge in [0.15, 0.2) is 0 Å². The van der Waals surface area contributed by atoms with Gasteiger partial charge in [-0.15, -0.1) is 11.3 Å². The van der Waals surface area contributed by atoms with Crippen LogP contribution in [0.5, 0.6) is 0 Å². The molecule has 0 aliphatic carbocycles. The average Bonchev–Trinajstić information content (AvgIpc) is 2.65. The lowest BCUT2D eigenvalue weighted by molar-refractivity contribution is 1.50. The van der Waals surface area contributed by atoms with Crippen LogP contribution in [-0.2, 0) is 0 Å². The van der Waals surface area contributed by atoms with Gasteiger partial charge in [-0.3, -0.25) is 4.99 Å². The molecule has 3 rings (SSSR count). The lowest BCUT2D eigenvalue weighted by Crippen LogP contribution is -2.03. The van der Waals surface area contributed by atoms with Crippen LogP contribution in [0.1, 0.15) is 11.1 Å². The molecule has 0 bridgehead atoms. The Morgan fingerprint density at radius 1 is 1.16 bits per heavy atom. The van der Waals surface area contributed by atoms with Crippen LogP contribution in [0.25, 0.3) is 0 Å². The zero-order chi connectivity index (χ0) is 13.4. The number of rotatable bonds is 1. The lowest BCUT2D eigenvalue weighted by Gasteiger charge is -2.07. The number of aliphatic imine (C=N–C) groups is 1. The van der Waals surface area contributed by atoms with E-state index in [1.807, 2.05) is 30.3 Å². The summed E-state index contributed by atoms with van der Waals surface area (Å²) in [6.07, 6.45) is 1.60. The van der Waals surface area contributed by atoms with Crippen LogP contribution >= 0.6 is 50.5 Å². The zero-order valence-electron chi connectivity index (χ0n) is 9.45. The van der Waals surface area contributed by atoms with Gasteiger partial charge in [0.1, 0.15) is 10.2 Å². The SMILES string of the molecule is ClC1=CN=C(c2ccccc2Cl)c2cc(Br)sc2N1. The van der Waals surface area contributed by atoms with Crippen molar-refractivity contribution >= 4 is 61.2 Å². The summed E-state index contributed by atoms with van der Waals surface area (Å²) >= 11 is 17.4. The Balaban J connectivity index is 2.22. The number of halogens is 3. The van der Waals surface area contributed by atoms with Crippen molar-refractivity contribution in [3.63, 3.8) is 0 Å². The van der Waals surface area contributed by atoms with E-state index >= 15 is 0 Å². The van der Waals surface area contributed by atoms with Crippen molar-refractivity contribution in [2.45, 2.75) is 0 Å². The number of thiophene rings is 1. The van der Waals surface area contributed by atoms with Gasteiger partial charge in [0.2, 0.25) is 0 Å². The fraction of sp³-hybridized carbons (Fsp3) is 0. The maximum atomic E-state index is 6.26. The summed E-state index contributed by atoms with van der Waals surface area (Å²) in [5.41, 5.74) is 2.68. The highest BCUT2D eigenvalue weighted by molar-refractivity contribution is 9.11. The first-order chi connectivity index (χ1) is 9.15. The molecule has 0 atom stereocenters. The first-order valence-electron chi connectivity index (χ1n) is 5.40. The van der Waals surface area contributed by atoms with Crippen molar-refractivity contribution in [3.8, 4) is 0 Å². The second-order valence-corrected chi connectivity index (χ2v) is 7.10. The van der Waals surface area contributed by atoms with Crippen LogP contribution in [0, 0.1) is 0 Å². The minimum absolute atomic E-state index is 0.484. The maximum Gasteiger partial charge on any atom is 0.125 e. The molecule has 1 aliphatic heterocycles. The lowest BCUT2D eigenvalue weighted by atomic mass is 10.0. The topological polar surface area (TPSA) is 24.4 Å². The molecule has 1 aromatic heterocycles. The van der Waals surface area contributed by atoms with Crippen molar-refractivity contribution in [3.05, 3.63) is 61.6 Å². The van der Waals surface area contributed by atoms with Gasteiger partial charge in [-0.1, -0.05) is 41.4 Å². The minimum Gasteiger partial charge on any atom is -0.336 e. The molecule has 2 heterocycles. The molecule has 96 valence electrons. The Kier molecular flexibility index (Phi) is 3.67. The Bertz CT molecular complexity index is 706. The third kappa shape index (κ3) is 2.58. The summed E-state index contributed by atoms with van der Waals surface area (Å²) in [6, 6.07) is 9.65. The molecule has 0 saturated heterocycles. The largest absolute Gasteiger partial charge is 0.336 e. The molecule has 0 amide bonds. The fourth-order valence-corrected chi connectivity index (χ4v) is 3.77. The summed E-state index contributed by atoms with van der Waals surface area (Å²) in [4.78, 5) is 4.45. The van der Waals surface area contributed by atoms with Crippen molar-refractivity contribution in [2.24, 2.45) is 4.99 Å². The average molecular weight is 374 g/mol. The van der Waals surface area contributed by atoms with Gasteiger partial charge < -0.3 is 5.32 Å². The Morgan fingerprint density at radius 2 is 1.95 bits per heavy atom. The number of nitrogens with one attached hydrogen (secondary N) is 1. The summed E-state index contributed by atoms with van der Waals surface area (Å²) in [5.74, 6) is 0. The molecule has 1 N–H and O–H groups in total. The normalized spacial score (nSPS) is 14.1. The van der Waals surface area contributed by atoms with E-state index in [1.54, 1.807) is 17.5 Å². The third-order valence-corrected chi connectivity index (χ3v) is 4.70. The van der Waals surface area contributed by atoms with Crippen LogP contribution in [-0.4, -0.2) is 5.71 Å². The van der Waals surface area contributed by atoms with E-state index in [1.165, 1.54) is 0 Å². The number of fused-ring (bicyclic) bond motifs is 1. The second kappa shape index (κ2) is 5.29. The smallest absolute Gasteiger partial charge is 0.125 e. The monoisotopic (exact) mass is 372 g/mol. The number of hydrogen-bond acceptors (Lipinski definition) is 3. The van der Waals surface area contributed by atoms with Crippen LogP contribution < -0.4 is 5.32 Å². The molecule has 6 heteroatoms. The van der Waals surface area contributed by atoms with E-state index < -0.39 is 0 Å². The van der Waals surface area contributed by atoms with E-state index in [-0.39, 0.29) is 0 Å². The molecule has 2 aromatic rings. The van der Waals surface area contributed by atoms with Crippen molar-refractivity contribution in [1.29, 1.82) is 0 Å². The van der Waals surface area contributed by atoms with E-state index in [4.69, 9.17) is 23.2 Å². The predicted octanol–water partition coefficient (Wildman–Crippen LogP) is 5.46. The van der Waals surface area contributed by atoms with Gasteiger partial charge in [-0.25, -0.2) is 0 Å². The number of anilines is 1. The third-order valence-electron chi connectivity index (χ3n) is 2.63. The molecular weight excluding hydrogens is 367 g/mol. The summed E-state index contributed by atoms with van der Waals surface area (Å²) in [7, 11) is 0.